The summed E-state index contributed by atoms with van der Waals surface area (Å²) in [5, 5.41) is 0. The Morgan fingerprint density at radius 2 is 1.94 bits per heavy atom. The van der Waals surface area contributed by atoms with Gasteiger partial charge in [0, 0.05) is 11.8 Å². The van der Waals surface area contributed by atoms with Crippen molar-refractivity contribution >= 4 is 17.7 Å². The maximum atomic E-state index is 11.3. The number of nitrogens with two attached hydrogens (primary N) is 1. The van der Waals surface area contributed by atoms with E-state index < -0.39 is 0 Å². The van der Waals surface area contributed by atoms with Gasteiger partial charge in [0.15, 0.2) is 0 Å². The predicted molar refractivity (Wildman–Crippen MR) is 71.9 cm³/mol. The van der Waals surface area contributed by atoms with Crippen LogP contribution in [-0.2, 0) is 14.3 Å². The number of rotatable bonds is 6. The van der Waals surface area contributed by atoms with Gasteiger partial charge in [0.1, 0.15) is 6.61 Å². The van der Waals surface area contributed by atoms with E-state index in [1.165, 1.54) is 6.08 Å². The van der Waals surface area contributed by atoms with Gasteiger partial charge in [0.2, 0.25) is 0 Å². The number of carbonyl (C=O) groups excluding carboxylic acids is 1. The summed E-state index contributed by atoms with van der Waals surface area (Å²) in [6.07, 6.45) is 3.22. The van der Waals surface area contributed by atoms with E-state index in [2.05, 4.69) is 0 Å². The van der Waals surface area contributed by atoms with Crippen molar-refractivity contribution in [2.24, 2.45) is 0 Å². The van der Waals surface area contributed by atoms with Crippen molar-refractivity contribution in [3.05, 3.63) is 35.9 Å². The van der Waals surface area contributed by atoms with E-state index in [4.69, 9.17) is 15.2 Å². The highest BCUT2D eigenvalue weighted by molar-refractivity contribution is 5.87. The Hall–Kier alpha value is -1.81. The molecular formula is C14H19NO3. The number of anilines is 1. The zero-order valence-electron chi connectivity index (χ0n) is 10.8. The van der Waals surface area contributed by atoms with Crippen LogP contribution in [0.15, 0.2) is 30.3 Å². The topological polar surface area (TPSA) is 61.5 Å². The molecule has 0 amide bonds. The minimum absolute atomic E-state index is 0.147. The van der Waals surface area contributed by atoms with Crippen LogP contribution in [-0.4, -0.2) is 25.3 Å². The molecule has 2 N–H and O–H groups in total. The molecule has 18 heavy (non-hydrogen) atoms. The van der Waals surface area contributed by atoms with E-state index in [9.17, 15) is 4.79 Å². The lowest BCUT2D eigenvalue weighted by Crippen LogP contribution is -2.12. The molecule has 1 aromatic carbocycles. The smallest absolute Gasteiger partial charge is 0.330 e. The molecule has 0 aliphatic rings. The molecule has 0 heterocycles. The standard InChI is InChI=1S/C14H19NO3/c1-11(2)17-9-10-18-14(16)8-5-12-3-6-13(15)7-4-12/h3-8,11H,9-10,15H2,1-2H3/b8-5+. The van der Waals surface area contributed by atoms with E-state index >= 15 is 0 Å². The van der Waals surface area contributed by atoms with Crippen LogP contribution < -0.4 is 5.73 Å². The molecule has 0 spiro atoms. The summed E-state index contributed by atoms with van der Waals surface area (Å²) in [5.41, 5.74) is 7.16. The fraction of sp³-hybridized carbons (Fsp3) is 0.357. The second-order valence-corrected chi connectivity index (χ2v) is 4.09. The SMILES string of the molecule is CC(C)OCCOC(=O)/C=C/c1ccc(N)cc1. The van der Waals surface area contributed by atoms with Gasteiger partial charge in [0.05, 0.1) is 12.7 Å². The number of benzene rings is 1. The molecule has 0 aliphatic heterocycles. The maximum absolute atomic E-state index is 11.3. The van der Waals surface area contributed by atoms with Gasteiger partial charge < -0.3 is 15.2 Å². The quantitative estimate of drug-likeness (QED) is 0.363. The van der Waals surface area contributed by atoms with Crippen LogP contribution in [0.25, 0.3) is 6.08 Å². The third-order valence-corrected chi connectivity index (χ3v) is 2.13. The summed E-state index contributed by atoms with van der Waals surface area (Å²) in [5.74, 6) is -0.376. The molecular weight excluding hydrogens is 230 g/mol. The summed E-state index contributed by atoms with van der Waals surface area (Å²) in [4.78, 5) is 11.3. The number of carbonyl (C=O) groups is 1. The minimum atomic E-state index is -0.376. The second kappa shape index (κ2) is 7.50. The van der Waals surface area contributed by atoms with Gasteiger partial charge in [0.25, 0.3) is 0 Å². The van der Waals surface area contributed by atoms with E-state index in [1.54, 1.807) is 18.2 Å². The Labute approximate surface area is 107 Å². The molecule has 1 aromatic rings. The molecule has 0 aliphatic carbocycles. The Morgan fingerprint density at radius 1 is 1.28 bits per heavy atom. The average molecular weight is 249 g/mol. The molecule has 1 rings (SSSR count). The fourth-order valence-corrected chi connectivity index (χ4v) is 1.25. The molecule has 0 bridgehead atoms. The molecule has 98 valence electrons. The number of hydrogen-bond donors (Lipinski definition) is 1. The lowest BCUT2D eigenvalue weighted by Gasteiger charge is -2.06. The summed E-state index contributed by atoms with van der Waals surface area (Å²) < 4.78 is 10.2. The second-order valence-electron chi connectivity index (χ2n) is 4.09. The van der Waals surface area contributed by atoms with Crippen molar-refractivity contribution in [3.8, 4) is 0 Å². The van der Waals surface area contributed by atoms with Gasteiger partial charge in [-0.1, -0.05) is 12.1 Å². The van der Waals surface area contributed by atoms with E-state index in [0.29, 0.717) is 12.3 Å². The van der Waals surface area contributed by atoms with Gasteiger partial charge >= 0.3 is 5.97 Å². The molecule has 4 nitrogen and oxygen atoms in total. The summed E-state index contributed by atoms with van der Waals surface area (Å²) >= 11 is 0. The average Bonchev–Trinajstić information content (AvgIpc) is 2.34. The molecule has 0 radical (unpaired) electrons. The summed E-state index contributed by atoms with van der Waals surface area (Å²) in [6.45, 7) is 4.55. The number of nitrogen functional groups attached to an aromatic ring is 1. The highest BCUT2D eigenvalue weighted by Crippen LogP contribution is 2.06. The Kier molecular flexibility index (Phi) is 5.94. The van der Waals surface area contributed by atoms with Crippen LogP contribution >= 0.6 is 0 Å². The Balaban J connectivity index is 2.29. The number of ether oxygens (including phenoxy) is 2. The van der Waals surface area contributed by atoms with E-state index in [0.717, 1.165) is 5.56 Å². The first-order valence-electron chi connectivity index (χ1n) is 5.90. The van der Waals surface area contributed by atoms with Gasteiger partial charge in [-0.2, -0.15) is 0 Å². The first-order valence-corrected chi connectivity index (χ1v) is 5.90. The normalized spacial score (nSPS) is 11.1. The first kappa shape index (κ1) is 14.3. The van der Waals surface area contributed by atoms with Gasteiger partial charge in [-0.05, 0) is 37.6 Å². The Morgan fingerprint density at radius 3 is 2.56 bits per heavy atom. The zero-order valence-corrected chi connectivity index (χ0v) is 10.8. The third-order valence-electron chi connectivity index (χ3n) is 2.13. The van der Waals surface area contributed by atoms with Crippen molar-refractivity contribution in [2.75, 3.05) is 18.9 Å². The van der Waals surface area contributed by atoms with Gasteiger partial charge in [-0.3, -0.25) is 0 Å². The van der Waals surface area contributed by atoms with Crippen molar-refractivity contribution in [2.45, 2.75) is 20.0 Å². The van der Waals surface area contributed by atoms with Crippen LogP contribution in [0.4, 0.5) is 5.69 Å². The van der Waals surface area contributed by atoms with E-state index in [1.807, 2.05) is 26.0 Å². The first-order chi connectivity index (χ1) is 8.58. The number of hydrogen-bond acceptors (Lipinski definition) is 4. The van der Waals surface area contributed by atoms with Crippen LogP contribution in [0.5, 0.6) is 0 Å². The van der Waals surface area contributed by atoms with Crippen molar-refractivity contribution in [1.29, 1.82) is 0 Å². The van der Waals surface area contributed by atoms with Crippen molar-refractivity contribution in [3.63, 3.8) is 0 Å². The molecule has 0 saturated heterocycles. The zero-order chi connectivity index (χ0) is 13.4. The van der Waals surface area contributed by atoms with Crippen molar-refractivity contribution in [1.82, 2.24) is 0 Å². The minimum Gasteiger partial charge on any atom is -0.460 e. The van der Waals surface area contributed by atoms with Gasteiger partial charge in [-0.25, -0.2) is 4.79 Å². The molecule has 4 heteroatoms. The van der Waals surface area contributed by atoms with Crippen LogP contribution in [0.3, 0.4) is 0 Å². The largest absolute Gasteiger partial charge is 0.460 e. The third kappa shape index (κ3) is 6.06. The highest BCUT2D eigenvalue weighted by atomic mass is 16.6. The van der Waals surface area contributed by atoms with Crippen LogP contribution in [0, 0.1) is 0 Å². The lowest BCUT2D eigenvalue weighted by molar-refractivity contribution is -0.139. The maximum Gasteiger partial charge on any atom is 0.330 e. The van der Waals surface area contributed by atoms with Crippen LogP contribution in [0.1, 0.15) is 19.4 Å². The molecule has 0 unspecified atom stereocenters. The Bertz CT molecular complexity index is 396. The number of esters is 1. The fourth-order valence-electron chi connectivity index (χ4n) is 1.25. The predicted octanol–water partition coefficient (Wildman–Crippen LogP) is 2.25. The highest BCUT2D eigenvalue weighted by Gasteiger charge is 1.98. The van der Waals surface area contributed by atoms with E-state index in [-0.39, 0.29) is 18.7 Å². The van der Waals surface area contributed by atoms with Crippen molar-refractivity contribution < 1.29 is 14.3 Å². The molecule has 0 atom stereocenters. The summed E-state index contributed by atoms with van der Waals surface area (Å²) in [7, 11) is 0. The monoisotopic (exact) mass is 249 g/mol. The molecule has 0 aromatic heterocycles. The van der Waals surface area contributed by atoms with Gasteiger partial charge in [-0.15, -0.1) is 0 Å². The lowest BCUT2D eigenvalue weighted by atomic mass is 10.2. The van der Waals surface area contributed by atoms with Crippen LogP contribution in [0.2, 0.25) is 0 Å². The molecule has 0 fully saturated rings. The molecule has 0 saturated carbocycles. The summed E-state index contributed by atoms with van der Waals surface area (Å²) in [6, 6.07) is 7.23.